The molecule has 0 aromatic heterocycles. The molecule has 0 bridgehead atoms. The van der Waals surface area contributed by atoms with Crippen molar-refractivity contribution < 1.29 is 0 Å². The number of likely N-dealkylation sites (N-methyl/N-ethyl adjacent to an activating group) is 2. The van der Waals surface area contributed by atoms with Gasteiger partial charge in [-0.25, -0.2) is 0 Å². The first kappa shape index (κ1) is 12.2. The van der Waals surface area contributed by atoms with Crippen molar-refractivity contribution in [3.05, 3.63) is 23.8 Å². The largest absolute Gasteiger partial charge is 0.371 e. The molecular weight excluding hydrogens is 210 g/mol. The molecule has 1 aromatic rings. The first-order valence-electron chi connectivity index (χ1n) is 6.47. The minimum Gasteiger partial charge on any atom is -0.371 e. The van der Waals surface area contributed by atoms with E-state index in [0.29, 0.717) is 0 Å². The van der Waals surface area contributed by atoms with Gasteiger partial charge in [0, 0.05) is 27.2 Å². The molecule has 3 heteroatoms. The van der Waals surface area contributed by atoms with Gasteiger partial charge in [0.05, 0.1) is 11.4 Å². The van der Waals surface area contributed by atoms with Crippen LogP contribution in [0.4, 0.5) is 11.4 Å². The molecule has 1 aromatic carbocycles. The molecule has 3 nitrogen and oxygen atoms in total. The smallest absolute Gasteiger partial charge is 0.0604 e. The molecule has 0 radical (unpaired) electrons. The maximum Gasteiger partial charge on any atom is 0.0604 e. The van der Waals surface area contributed by atoms with Gasteiger partial charge in [0.2, 0.25) is 0 Å². The van der Waals surface area contributed by atoms with E-state index in [-0.39, 0.29) is 0 Å². The molecule has 1 heterocycles. The fraction of sp³-hybridized carbons (Fsp3) is 0.571. The van der Waals surface area contributed by atoms with E-state index in [1.54, 1.807) is 0 Å². The molecule has 17 heavy (non-hydrogen) atoms. The Hall–Kier alpha value is -1.22. The third-order valence-corrected chi connectivity index (χ3v) is 3.55. The third kappa shape index (κ3) is 2.72. The van der Waals surface area contributed by atoms with E-state index in [9.17, 15) is 0 Å². The van der Waals surface area contributed by atoms with Crippen molar-refractivity contribution in [3.63, 3.8) is 0 Å². The second-order valence-electron chi connectivity index (χ2n) is 4.91. The SMILES string of the molecule is CN1CCN(C)c2cc(CCCCN)ccc21. The maximum atomic E-state index is 5.53. The summed E-state index contributed by atoms with van der Waals surface area (Å²) in [6.45, 7) is 3.01. The van der Waals surface area contributed by atoms with Crippen LogP contribution in [0.1, 0.15) is 18.4 Å². The molecule has 94 valence electrons. The molecule has 0 unspecified atom stereocenters. The lowest BCUT2D eigenvalue weighted by molar-refractivity contribution is 0.742. The predicted molar refractivity (Wildman–Crippen MR) is 75.0 cm³/mol. The van der Waals surface area contributed by atoms with Crippen molar-refractivity contribution in [2.75, 3.05) is 43.5 Å². The lowest BCUT2D eigenvalue weighted by Crippen LogP contribution is -2.36. The second kappa shape index (κ2) is 5.41. The number of nitrogens with zero attached hydrogens (tertiary/aromatic N) is 2. The Morgan fingerprint density at radius 2 is 1.76 bits per heavy atom. The quantitative estimate of drug-likeness (QED) is 0.806. The number of hydrogen-bond acceptors (Lipinski definition) is 3. The van der Waals surface area contributed by atoms with Crippen molar-refractivity contribution >= 4 is 11.4 Å². The highest BCUT2D eigenvalue weighted by Crippen LogP contribution is 2.32. The van der Waals surface area contributed by atoms with Crippen molar-refractivity contribution in [2.24, 2.45) is 5.73 Å². The Balaban J connectivity index is 2.14. The summed E-state index contributed by atoms with van der Waals surface area (Å²) in [5.74, 6) is 0. The van der Waals surface area contributed by atoms with Gasteiger partial charge in [-0.2, -0.15) is 0 Å². The number of aryl methyl sites for hydroxylation is 1. The minimum atomic E-state index is 0.799. The van der Waals surface area contributed by atoms with Gasteiger partial charge in [-0.3, -0.25) is 0 Å². The van der Waals surface area contributed by atoms with E-state index >= 15 is 0 Å². The molecule has 2 rings (SSSR count). The van der Waals surface area contributed by atoms with Crippen molar-refractivity contribution in [2.45, 2.75) is 19.3 Å². The van der Waals surface area contributed by atoms with Gasteiger partial charge in [-0.15, -0.1) is 0 Å². The fourth-order valence-corrected chi connectivity index (χ4v) is 2.37. The van der Waals surface area contributed by atoms with E-state index in [4.69, 9.17) is 5.73 Å². The Morgan fingerprint density at radius 1 is 1.06 bits per heavy atom. The predicted octanol–water partition coefficient (Wildman–Crippen LogP) is 1.85. The normalized spacial score (nSPS) is 15.0. The number of fused-ring (bicyclic) bond motifs is 1. The van der Waals surface area contributed by atoms with Crippen LogP contribution in [0, 0.1) is 0 Å². The Morgan fingerprint density at radius 3 is 2.47 bits per heavy atom. The number of benzene rings is 1. The van der Waals surface area contributed by atoms with Crippen molar-refractivity contribution in [1.82, 2.24) is 0 Å². The van der Waals surface area contributed by atoms with Gasteiger partial charge in [0.1, 0.15) is 0 Å². The van der Waals surface area contributed by atoms with Gasteiger partial charge in [-0.05, 0) is 43.5 Å². The highest BCUT2D eigenvalue weighted by Gasteiger charge is 2.17. The molecule has 0 saturated heterocycles. The van der Waals surface area contributed by atoms with E-state index < -0.39 is 0 Å². The van der Waals surface area contributed by atoms with Crippen LogP contribution in [0.25, 0.3) is 0 Å². The molecule has 0 fully saturated rings. The van der Waals surface area contributed by atoms with Gasteiger partial charge >= 0.3 is 0 Å². The van der Waals surface area contributed by atoms with E-state index in [0.717, 1.165) is 32.5 Å². The lowest BCUT2D eigenvalue weighted by Gasteiger charge is -2.35. The zero-order chi connectivity index (χ0) is 12.3. The van der Waals surface area contributed by atoms with E-state index in [1.165, 1.54) is 23.4 Å². The summed E-state index contributed by atoms with van der Waals surface area (Å²) in [6.07, 6.45) is 3.45. The third-order valence-electron chi connectivity index (χ3n) is 3.55. The summed E-state index contributed by atoms with van der Waals surface area (Å²) >= 11 is 0. The second-order valence-corrected chi connectivity index (χ2v) is 4.91. The number of hydrogen-bond donors (Lipinski definition) is 1. The summed E-state index contributed by atoms with van der Waals surface area (Å²) in [4.78, 5) is 4.68. The number of unbranched alkanes of at least 4 members (excludes halogenated alkanes) is 1. The van der Waals surface area contributed by atoms with Crippen LogP contribution in [-0.4, -0.2) is 33.7 Å². The van der Waals surface area contributed by atoms with Crippen LogP contribution in [-0.2, 0) is 6.42 Å². The average molecular weight is 233 g/mol. The molecule has 0 spiro atoms. The highest BCUT2D eigenvalue weighted by atomic mass is 15.2. The van der Waals surface area contributed by atoms with Crippen LogP contribution in [0.3, 0.4) is 0 Å². The van der Waals surface area contributed by atoms with Gasteiger partial charge in [0.15, 0.2) is 0 Å². The van der Waals surface area contributed by atoms with Crippen molar-refractivity contribution in [3.8, 4) is 0 Å². The molecule has 0 saturated carbocycles. The zero-order valence-corrected chi connectivity index (χ0v) is 10.9. The molecular formula is C14H23N3. The van der Waals surface area contributed by atoms with Gasteiger partial charge in [-0.1, -0.05) is 6.07 Å². The van der Waals surface area contributed by atoms with E-state index in [1.807, 2.05) is 0 Å². The summed E-state index contributed by atoms with van der Waals surface area (Å²) < 4.78 is 0. The monoisotopic (exact) mass is 233 g/mol. The Bertz CT molecular complexity index is 376. The summed E-state index contributed by atoms with van der Waals surface area (Å²) in [5.41, 5.74) is 9.67. The molecule has 0 atom stereocenters. The van der Waals surface area contributed by atoms with Crippen molar-refractivity contribution in [1.29, 1.82) is 0 Å². The topological polar surface area (TPSA) is 32.5 Å². The average Bonchev–Trinajstić information content (AvgIpc) is 2.34. The molecule has 0 amide bonds. The highest BCUT2D eigenvalue weighted by molar-refractivity contribution is 5.73. The Labute approximate surface area is 104 Å². The van der Waals surface area contributed by atoms with Crippen LogP contribution in [0.15, 0.2) is 18.2 Å². The van der Waals surface area contributed by atoms with Crippen LogP contribution in [0.5, 0.6) is 0 Å². The minimum absolute atomic E-state index is 0.799. The molecule has 1 aliphatic heterocycles. The van der Waals surface area contributed by atoms with Crippen LogP contribution < -0.4 is 15.5 Å². The van der Waals surface area contributed by atoms with Gasteiger partial charge < -0.3 is 15.5 Å². The molecule has 0 aliphatic carbocycles. The van der Waals surface area contributed by atoms with Gasteiger partial charge in [0.25, 0.3) is 0 Å². The summed E-state index contributed by atoms with van der Waals surface area (Å²) in [6, 6.07) is 6.84. The first-order valence-corrected chi connectivity index (χ1v) is 6.47. The number of anilines is 2. The maximum absolute atomic E-state index is 5.53. The van der Waals surface area contributed by atoms with E-state index in [2.05, 4.69) is 42.1 Å². The van der Waals surface area contributed by atoms with Crippen LogP contribution in [0.2, 0.25) is 0 Å². The standard InChI is InChI=1S/C14H23N3/c1-16-9-10-17(2)14-11-12(5-3-4-8-15)6-7-13(14)16/h6-7,11H,3-5,8-10,15H2,1-2H3. The van der Waals surface area contributed by atoms with Crippen LogP contribution >= 0.6 is 0 Å². The molecule has 1 aliphatic rings. The number of nitrogens with two attached hydrogens (primary N) is 1. The first-order chi connectivity index (χ1) is 8.22. The number of rotatable bonds is 4. The summed E-state index contributed by atoms with van der Waals surface area (Å²) in [7, 11) is 4.34. The summed E-state index contributed by atoms with van der Waals surface area (Å²) in [5, 5.41) is 0. The fourth-order valence-electron chi connectivity index (χ4n) is 2.37. The zero-order valence-electron chi connectivity index (χ0n) is 10.9. The Kier molecular flexibility index (Phi) is 3.89. The lowest BCUT2D eigenvalue weighted by atomic mass is 10.0. The molecule has 2 N–H and O–H groups in total.